The van der Waals surface area contributed by atoms with Crippen molar-refractivity contribution in [2.45, 2.75) is 73.1 Å². The Kier molecular flexibility index (Phi) is 7.72. The van der Waals surface area contributed by atoms with Crippen molar-refractivity contribution in [2.24, 2.45) is 0 Å². The van der Waals surface area contributed by atoms with E-state index in [0.717, 1.165) is 6.92 Å². The molecule has 0 aromatic carbocycles. The van der Waals surface area contributed by atoms with Gasteiger partial charge in [0.1, 0.15) is 0 Å². The lowest BCUT2D eigenvalue weighted by Gasteiger charge is -2.42. The van der Waals surface area contributed by atoms with Crippen LogP contribution in [-0.4, -0.2) is 59.9 Å². The molecular formula is C12H11F15O3S. The van der Waals surface area contributed by atoms with Crippen molar-refractivity contribution in [3.05, 3.63) is 0 Å². The van der Waals surface area contributed by atoms with E-state index in [1.807, 2.05) is 0 Å². The Balaban J connectivity index is 6.80. The first-order chi connectivity index (χ1) is 13.2. The van der Waals surface area contributed by atoms with Crippen LogP contribution in [0.15, 0.2) is 0 Å². The molecule has 0 aromatic heterocycles. The Labute approximate surface area is 163 Å². The topological polar surface area (TPSA) is 54.4 Å². The summed E-state index contributed by atoms with van der Waals surface area (Å²) >= 11 is 0. The summed E-state index contributed by atoms with van der Waals surface area (Å²) in [5.41, 5.74) is 0. The standard InChI is InChI=1S/C12H11F15O3S/c1-2-3-4-5(31(28,29)30)6(13,14)7(15,16)8(17,18)9(19,20)10(21,22)11(23,24)12(25,26)27/h5H,2-4H2,1H3,(H,28,29,30)/t5-/m0/s1. The van der Waals surface area contributed by atoms with Crippen molar-refractivity contribution in [3.8, 4) is 0 Å². The van der Waals surface area contributed by atoms with Crippen LogP contribution in [0.25, 0.3) is 0 Å². The molecule has 0 bridgehead atoms. The quantitative estimate of drug-likeness (QED) is 0.293. The molecule has 0 amide bonds. The highest BCUT2D eigenvalue weighted by molar-refractivity contribution is 7.86. The van der Waals surface area contributed by atoms with Crippen LogP contribution < -0.4 is 0 Å². The lowest BCUT2D eigenvalue weighted by Crippen LogP contribution is -2.74. The normalized spacial score (nSPS) is 17.1. The highest BCUT2D eigenvalue weighted by atomic mass is 32.2. The van der Waals surface area contributed by atoms with Crippen molar-refractivity contribution in [1.29, 1.82) is 0 Å². The summed E-state index contributed by atoms with van der Waals surface area (Å²) in [5.74, 6) is -48.5. The average molecular weight is 520 g/mol. The van der Waals surface area contributed by atoms with Gasteiger partial charge in [-0.05, 0) is 6.42 Å². The van der Waals surface area contributed by atoms with Crippen LogP contribution in [0.4, 0.5) is 65.9 Å². The van der Waals surface area contributed by atoms with E-state index < -0.39 is 69.9 Å². The van der Waals surface area contributed by atoms with Crippen LogP contribution in [0, 0.1) is 0 Å². The molecule has 19 heteroatoms. The van der Waals surface area contributed by atoms with E-state index in [1.165, 1.54) is 0 Å². The van der Waals surface area contributed by atoms with Crippen LogP contribution in [0.3, 0.4) is 0 Å². The van der Waals surface area contributed by atoms with Gasteiger partial charge in [-0.15, -0.1) is 0 Å². The van der Waals surface area contributed by atoms with Crippen molar-refractivity contribution in [3.63, 3.8) is 0 Å². The van der Waals surface area contributed by atoms with Crippen molar-refractivity contribution >= 4 is 10.1 Å². The molecule has 0 heterocycles. The predicted octanol–water partition coefficient (Wildman–Crippen LogP) is 5.81. The molecule has 0 aromatic rings. The van der Waals surface area contributed by atoms with E-state index in [-0.39, 0.29) is 6.42 Å². The molecule has 0 rings (SSSR count). The number of hydrogen-bond acceptors (Lipinski definition) is 2. The monoisotopic (exact) mass is 520 g/mol. The maximum Gasteiger partial charge on any atom is 0.460 e. The van der Waals surface area contributed by atoms with Gasteiger partial charge in [-0.3, -0.25) is 4.55 Å². The minimum Gasteiger partial charge on any atom is -0.285 e. The molecule has 0 spiro atoms. The zero-order chi connectivity index (χ0) is 25.7. The molecule has 0 fully saturated rings. The summed E-state index contributed by atoms with van der Waals surface area (Å²) in [6.45, 7) is 1.07. The van der Waals surface area contributed by atoms with Crippen molar-refractivity contribution < 1.29 is 78.8 Å². The second kappa shape index (κ2) is 8.02. The lowest BCUT2D eigenvalue weighted by molar-refractivity contribution is -0.452. The number of hydrogen-bond donors (Lipinski definition) is 1. The molecule has 3 nitrogen and oxygen atoms in total. The predicted molar refractivity (Wildman–Crippen MR) is 70.6 cm³/mol. The molecule has 0 unspecified atom stereocenters. The first-order valence-corrected chi connectivity index (χ1v) is 8.99. The Hall–Kier alpha value is -1.14. The summed E-state index contributed by atoms with van der Waals surface area (Å²) in [6, 6.07) is 0. The largest absolute Gasteiger partial charge is 0.460 e. The maximum absolute atomic E-state index is 13.9. The molecule has 1 atom stereocenters. The summed E-state index contributed by atoms with van der Waals surface area (Å²) < 4.78 is 227. The zero-order valence-electron chi connectivity index (χ0n) is 14.5. The SMILES string of the molecule is CCCC[C@@H](C(F)(F)C(F)(F)C(F)(F)C(F)(F)C(F)(F)C(F)(F)C(F)(F)F)S(=O)(=O)O. The first kappa shape index (κ1) is 29.9. The van der Waals surface area contributed by atoms with E-state index in [0.29, 0.717) is 0 Å². The highest BCUT2D eigenvalue weighted by Gasteiger charge is 2.94. The molecule has 31 heavy (non-hydrogen) atoms. The molecule has 0 aliphatic heterocycles. The van der Waals surface area contributed by atoms with Crippen LogP contribution in [0.5, 0.6) is 0 Å². The van der Waals surface area contributed by atoms with Crippen molar-refractivity contribution in [2.75, 3.05) is 0 Å². The van der Waals surface area contributed by atoms with E-state index in [1.54, 1.807) is 0 Å². The third-order valence-corrected chi connectivity index (χ3v) is 5.19. The van der Waals surface area contributed by atoms with Crippen LogP contribution in [0.1, 0.15) is 26.2 Å². The fourth-order valence-electron chi connectivity index (χ4n) is 2.09. The van der Waals surface area contributed by atoms with Gasteiger partial charge in [0.2, 0.25) is 0 Å². The number of halogens is 15. The van der Waals surface area contributed by atoms with E-state index >= 15 is 0 Å². The first-order valence-electron chi connectivity index (χ1n) is 7.49. The lowest BCUT2D eigenvalue weighted by atomic mass is 9.89. The highest BCUT2D eigenvalue weighted by Crippen LogP contribution is 2.63. The smallest absolute Gasteiger partial charge is 0.285 e. The zero-order valence-corrected chi connectivity index (χ0v) is 15.4. The Morgan fingerprint density at radius 2 is 0.968 bits per heavy atom. The second-order valence-electron chi connectivity index (χ2n) is 6.14. The Morgan fingerprint density at radius 3 is 1.26 bits per heavy atom. The van der Waals surface area contributed by atoms with Crippen LogP contribution in [-0.2, 0) is 10.1 Å². The number of unbranched alkanes of at least 4 members (excludes halogenated alkanes) is 1. The van der Waals surface area contributed by atoms with E-state index in [4.69, 9.17) is 4.55 Å². The van der Waals surface area contributed by atoms with Gasteiger partial charge in [0, 0.05) is 0 Å². The Bertz CT molecular complexity index is 741. The average Bonchev–Trinajstić information content (AvgIpc) is 2.51. The summed E-state index contributed by atoms with van der Waals surface area (Å²) in [6.07, 6.45) is -10.8. The second-order valence-corrected chi connectivity index (χ2v) is 7.74. The molecule has 0 aliphatic rings. The van der Waals surface area contributed by atoms with E-state index in [2.05, 4.69) is 0 Å². The van der Waals surface area contributed by atoms with E-state index in [9.17, 15) is 74.3 Å². The van der Waals surface area contributed by atoms with Crippen LogP contribution >= 0.6 is 0 Å². The number of alkyl halides is 15. The fraction of sp³-hybridized carbons (Fsp3) is 1.00. The van der Waals surface area contributed by atoms with Gasteiger partial charge in [-0.25, -0.2) is 0 Å². The fourth-order valence-corrected chi connectivity index (χ4v) is 3.07. The Morgan fingerprint density at radius 1 is 0.645 bits per heavy atom. The van der Waals surface area contributed by atoms with Crippen molar-refractivity contribution in [1.82, 2.24) is 0 Å². The summed E-state index contributed by atoms with van der Waals surface area (Å²) in [5, 5.41) is -4.34. The molecule has 0 saturated carbocycles. The summed E-state index contributed by atoms with van der Waals surface area (Å²) in [4.78, 5) is 0. The third-order valence-electron chi connectivity index (χ3n) is 3.94. The minimum absolute atomic E-state index is 0.351. The van der Waals surface area contributed by atoms with Crippen LogP contribution in [0.2, 0.25) is 0 Å². The molecule has 0 aliphatic carbocycles. The molecule has 188 valence electrons. The number of rotatable bonds is 10. The maximum atomic E-state index is 13.9. The van der Waals surface area contributed by atoms with Gasteiger partial charge < -0.3 is 0 Å². The molecule has 0 saturated heterocycles. The van der Waals surface area contributed by atoms with Gasteiger partial charge in [0.15, 0.2) is 5.25 Å². The third kappa shape index (κ3) is 4.39. The molecule has 0 radical (unpaired) electrons. The molecule has 1 N–H and O–H groups in total. The van der Waals surface area contributed by atoms with Gasteiger partial charge in [-0.2, -0.15) is 74.3 Å². The van der Waals surface area contributed by atoms with Gasteiger partial charge >= 0.3 is 41.7 Å². The minimum atomic E-state index is -8.51. The molecular weight excluding hydrogens is 509 g/mol. The van der Waals surface area contributed by atoms with Gasteiger partial charge in [0.05, 0.1) is 0 Å². The van der Waals surface area contributed by atoms with Gasteiger partial charge in [0.25, 0.3) is 10.1 Å². The summed E-state index contributed by atoms with van der Waals surface area (Å²) in [7, 11) is -6.49. The van der Waals surface area contributed by atoms with Gasteiger partial charge in [-0.1, -0.05) is 19.8 Å².